The predicted molar refractivity (Wildman–Crippen MR) is 127 cm³/mol. The van der Waals surface area contributed by atoms with Crippen molar-refractivity contribution in [2.75, 3.05) is 19.6 Å². The molecule has 3 saturated heterocycles. The Balaban J connectivity index is 1.12. The maximum atomic E-state index is 13.1. The standard InChI is InChI=1S/C24H45N7O/c1-15-8-9-17(27-23(32)22-18-6-2-3-7-20(18)30-31-22)13-21(15)29-24-26-12-10-19(28-24)16-5-4-11-25-14-16/h15-22,24-26,28-31H,2-14H2,1H3,(H,27,32). The first-order valence-corrected chi connectivity index (χ1v) is 13.4. The quantitative estimate of drug-likeness (QED) is 0.330. The lowest BCUT2D eigenvalue weighted by molar-refractivity contribution is -0.125. The molecule has 8 nitrogen and oxygen atoms in total. The molecule has 0 aromatic heterocycles. The normalized spacial score (nSPS) is 45.2. The summed E-state index contributed by atoms with van der Waals surface area (Å²) in [6, 6.07) is 1.66. The molecule has 0 radical (unpaired) electrons. The summed E-state index contributed by atoms with van der Waals surface area (Å²) >= 11 is 0. The molecule has 2 aliphatic carbocycles. The molecule has 5 fully saturated rings. The second-order valence-electron chi connectivity index (χ2n) is 11.1. The maximum Gasteiger partial charge on any atom is 0.239 e. The van der Waals surface area contributed by atoms with Crippen LogP contribution in [0.1, 0.15) is 71.1 Å². The zero-order valence-electron chi connectivity index (χ0n) is 19.8. The number of hydrogen-bond acceptors (Lipinski definition) is 7. The van der Waals surface area contributed by atoms with E-state index in [1.54, 1.807) is 0 Å². The van der Waals surface area contributed by atoms with Crippen molar-refractivity contribution in [2.45, 2.75) is 108 Å². The molecule has 8 heteroatoms. The Bertz CT molecular complexity index is 627. The predicted octanol–water partition coefficient (Wildman–Crippen LogP) is 0.519. The Morgan fingerprint density at radius 2 is 1.81 bits per heavy atom. The molecule has 0 aromatic rings. The summed E-state index contributed by atoms with van der Waals surface area (Å²) in [6.45, 7) is 5.74. The zero-order valence-corrected chi connectivity index (χ0v) is 19.8. The average Bonchev–Trinajstić information content (AvgIpc) is 3.26. The number of carbonyl (C=O) groups excluding carboxylic acids is 1. The zero-order chi connectivity index (χ0) is 21.9. The number of rotatable bonds is 5. The van der Waals surface area contributed by atoms with E-state index in [-0.39, 0.29) is 24.3 Å². The van der Waals surface area contributed by atoms with E-state index in [2.05, 4.69) is 44.4 Å². The minimum absolute atomic E-state index is 0.0717. The minimum atomic E-state index is -0.0717. The molecule has 3 heterocycles. The molecule has 182 valence electrons. The summed E-state index contributed by atoms with van der Waals surface area (Å²) in [7, 11) is 0. The molecule has 1 amide bonds. The van der Waals surface area contributed by atoms with E-state index in [0.29, 0.717) is 30.0 Å². The van der Waals surface area contributed by atoms with Crippen molar-refractivity contribution in [3.05, 3.63) is 0 Å². The fourth-order valence-electron chi connectivity index (χ4n) is 6.93. The van der Waals surface area contributed by atoms with Gasteiger partial charge in [-0.05, 0) is 82.8 Å². The van der Waals surface area contributed by atoms with Gasteiger partial charge in [0.2, 0.25) is 5.91 Å². The summed E-state index contributed by atoms with van der Waals surface area (Å²) in [4.78, 5) is 13.1. The lowest BCUT2D eigenvalue weighted by Crippen LogP contribution is -2.66. The topological polar surface area (TPSA) is 101 Å². The molecule has 2 saturated carbocycles. The van der Waals surface area contributed by atoms with Gasteiger partial charge >= 0.3 is 0 Å². The fourth-order valence-corrected chi connectivity index (χ4v) is 6.93. The number of amides is 1. The average molecular weight is 448 g/mol. The van der Waals surface area contributed by atoms with E-state index < -0.39 is 0 Å². The molecule has 0 aromatic carbocycles. The van der Waals surface area contributed by atoms with E-state index >= 15 is 0 Å². The lowest BCUT2D eigenvalue weighted by atomic mass is 9.80. The van der Waals surface area contributed by atoms with Crippen LogP contribution in [-0.2, 0) is 4.79 Å². The van der Waals surface area contributed by atoms with Crippen molar-refractivity contribution >= 4 is 5.91 Å². The second-order valence-corrected chi connectivity index (χ2v) is 11.1. The molecule has 7 N–H and O–H groups in total. The van der Waals surface area contributed by atoms with Gasteiger partial charge in [0.15, 0.2) is 0 Å². The van der Waals surface area contributed by atoms with Crippen molar-refractivity contribution < 1.29 is 4.79 Å². The molecule has 9 atom stereocenters. The fraction of sp³-hybridized carbons (Fsp3) is 0.958. The van der Waals surface area contributed by atoms with Crippen LogP contribution in [0.3, 0.4) is 0 Å². The monoisotopic (exact) mass is 447 g/mol. The number of piperidine rings is 1. The third kappa shape index (κ3) is 5.31. The number of nitrogens with one attached hydrogen (secondary N) is 7. The Morgan fingerprint density at radius 3 is 2.69 bits per heavy atom. The number of fused-ring (bicyclic) bond motifs is 1. The highest BCUT2D eigenvalue weighted by atomic mass is 16.2. The molecular weight excluding hydrogens is 402 g/mol. The highest BCUT2D eigenvalue weighted by molar-refractivity contribution is 5.82. The highest BCUT2D eigenvalue weighted by Crippen LogP contribution is 2.31. The smallest absolute Gasteiger partial charge is 0.239 e. The Labute approximate surface area is 193 Å². The molecule has 9 unspecified atom stereocenters. The van der Waals surface area contributed by atoms with Crippen LogP contribution in [-0.4, -0.2) is 62.0 Å². The number of carbonyl (C=O) groups is 1. The highest BCUT2D eigenvalue weighted by Gasteiger charge is 2.42. The molecule has 32 heavy (non-hydrogen) atoms. The van der Waals surface area contributed by atoms with Gasteiger partial charge in [0, 0.05) is 30.1 Å². The third-order valence-corrected chi connectivity index (χ3v) is 8.97. The molecule has 5 aliphatic rings. The third-order valence-electron chi connectivity index (χ3n) is 8.97. The first-order chi connectivity index (χ1) is 15.7. The van der Waals surface area contributed by atoms with Gasteiger partial charge in [0.25, 0.3) is 0 Å². The van der Waals surface area contributed by atoms with E-state index in [0.717, 1.165) is 44.7 Å². The lowest BCUT2D eigenvalue weighted by Gasteiger charge is -2.43. The molecular formula is C24H45N7O. The summed E-state index contributed by atoms with van der Waals surface area (Å²) in [5.41, 5.74) is 6.69. The number of hydrogen-bond donors (Lipinski definition) is 7. The van der Waals surface area contributed by atoms with Crippen LogP contribution in [0.15, 0.2) is 0 Å². The first kappa shape index (κ1) is 23.0. The van der Waals surface area contributed by atoms with E-state index in [4.69, 9.17) is 0 Å². The van der Waals surface area contributed by atoms with Crippen LogP contribution >= 0.6 is 0 Å². The number of hydrazine groups is 1. The minimum Gasteiger partial charge on any atom is -0.352 e. The van der Waals surface area contributed by atoms with Crippen LogP contribution in [0.5, 0.6) is 0 Å². The Hall–Kier alpha value is -0.770. The van der Waals surface area contributed by atoms with Crippen LogP contribution < -0.4 is 37.4 Å². The van der Waals surface area contributed by atoms with Crippen molar-refractivity contribution in [3.8, 4) is 0 Å². The molecule has 5 rings (SSSR count). The SMILES string of the molecule is CC1CCC(NC(=O)C2NNC3CCCCC32)CC1NC1NCCC(C2CCCNC2)N1. The van der Waals surface area contributed by atoms with Gasteiger partial charge in [-0.3, -0.25) is 26.2 Å². The van der Waals surface area contributed by atoms with Gasteiger partial charge in [0.1, 0.15) is 12.3 Å². The molecule has 3 aliphatic heterocycles. The Morgan fingerprint density at radius 1 is 0.906 bits per heavy atom. The van der Waals surface area contributed by atoms with Crippen LogP contribution in [0.25, 0.3) is 0 Å². The van der Waals surface area contributed by atoms with E-state index in [1.807, 2.05) is 0 Å². The summed E-state index contributed by atoms with van der Waals surface area (Å²) in [5.74, 6) is 2.01. The van der Waals surface area contributed by atoms with Gasteiger partial charge in [-0.25, -0.2) is 5.43 Å². The van der Waals surface area contributed by atoms with Gasteiger partial charge in [-0.15, -0.1) is 0 Å². The largest absolute Gasteiger partial charge is 0.352 e. The van der Waals surface area contributed by atoms with Crippen molar-refractivity contribution in [1.82, 2.24) is 37.4 Å². The van der Waals surface area contributed by atoms with Gasteiger partial charge in [0.05, 0.1) is 0 Å². The molecule has 0 bridgehead atoms. The van der Waals surface area contributed by atoms with Crippen molar-refractivity contribution in [2.24, 2.45) is 17.8 Å². The maximum absolute atomic E-state index is 13.1. The van der Waals surface area contributed by atoms with Crippen LogP contribution in [0.4, 0.5) is 0 Å². The van der Waals surface area contributed by atoms with Crippen LogP contribution in [0.2, 0.25) is 0 Å². The summed E-state index contributed by atoms with van der Waals surface area (Å²) in [5, 5.41) is 18.3. The van der Waals surface area contributed by atoms with Crippen LogP contribution in [0, 0.1) is 17.8 Å². The van der Waals surface area contributed by atoms with Gasteiger partial charge in [-0.1, -0.05) is 19.8 Å². The van der Waals surface area contributed by atoms with E-state index in [9.17, 15) is 4.79 Å². The Kier molecular flexibility index (Phi) is 7.66. The van der Waals surface area contributed by atoms with Crippen molar-refractivity contribution in [3.63, 3.8) is 0 Å². The first-order valence-electron chi connectivity index (χ1n) is 13.4. The molecule has 0 spiro atoms. The van der Waals surface area contributed by atoms with Gasteiger partial charge in [-0.2, -0.15) is 0 Å². The van der Waals surface area contributed by atoms with Crippen molar-refractivity contribution in [1.29, 1.82) is 0 Å². The second kappa shape index (κ2) is 10.7. The van der Waals surface area contributed by atoms with Gasteiger partial charge < -0.3 is 10.6 Å². The summed E-state index contributed by atoms with van der Waals surface area (Å²) < 4.78 is 0. The van der Waals surface area contributed by atoms with E-state index in [1.165, 1.54) is 45.1 Å². The summed E-state index contributed by atoms with van der Waals surface area (Å²) in [6.07, 6.45) is 12.1.